The topological polar surface area (TPSA) is 54.8 Å². The summed E-state index contributed by atoms with van der Waals surface area (Å²) in [5.41, 5.74) is 0.819. The third kappa shape index (κ3) is 1.64. The lowest BCUT2D eigenvalue weighted by Gasteiger charge is -2.25. The Hall–Kier alpha value is -1.27. The minimum Gasteiger partial charge on any atom is -0.378 e. The Kier molecular flexibility index (Phi) is 2.45. The van der Waals surface area contributed by atoms with E-state index in [9.17, 15) is 4.79 Å². The second-order valence-electron chi connectivity index (χ2n) is 3.71. The largest absolute Gasteiger partial charge is 0.378 e. The van der Waals surface area contributed by atoms with Gasteiger partial charge in [-0.05, 0) is 0 Å². The van der Waals surface area contributed by atoms with Crippen molar-refractivity contribution in [1.29, 1.82) is 0 Å². The van der Waals surface area contributed by atoms with Gasteiger partial charge < -0.3 is 9.64 Å². The van der Waals surface area contributed by atoms with Crippen molar-refractivity contribution in [1.82, 2.24) is 4.98 Å². The number of Topliss-reactive ketones (excluding diaryl/α,β-unsaturated/α-hetero) is 1. The van der Waals surface area contributed by atoms with Crippen molar-refractivity contribution in [3.63, 3.8) is 0 Å². The lowest BCUT2D eigenvalue weighted by atomic mass is 10.2. The lowest BCUT2D eigenvalue weighted by Crippen LogP contribution is -2.36. The predicted octanol–water partition coefficient (Wildman–Crippen LogP) is 0.747. The van der Waals surface area contributed by atoms with E-state index >= 15 is 0 Å². The highest BCUT2D eigenvalue weighted by Crippen LogP contribution is 2.29. The number of carbonyl (C=O) groups is 1. The highest BCUT2D eigenvalue weighted by atomic mass is 32.1. The summed E-state index contributed by atoms with van der Waals surface area (Å²) >= 11 is 1.47. The van der Waals surface area contributed by atoms with Crippen molar-refractivity contribution >= 4 is 28.5 Å². The molecule has 0 aromatic carbocycles. The molecule has 16 heavy (non-hydrogen) atoms. The van der Waals surface area contributed by atoms with Gasteiger partial charge in [0.05, 0.1) is 31.7 Å². The number of aliphatic imine (C=N–C) groups is 1. The summed E-state index contributed by atoms with van der Waals surface area (Å²) in [4.78, 5) is 22.9. The molecular formula is C10H11N3O2S. The molecule has 0 amide bonds. The number of hydrogen-bond acceptors (Lipinski definition) is 6. The van der Waals surface area contributed by atoms with Crippen LogP contribution in [0.25, 0.3) is 0 Å². The Balaban J connectivity index is 1.89. The van der Waals surface area contributed by atoms with Crippen LogP contribution in [0, 0.1) is 0 Å². The number of hydrogen-bond donors (Lipinski definition) is 0. The second-order valence-corrected chi connectivity index (χ2v) is 4.68. The van der Waals surface area contributed by atoms with Gasteiger partial charge in [-0.25, -0.2) is 4.98 Å². The molecule has 5 nitrogen and oxygen atoms in total. The zero-order valence-corrected chi connectivity index (χ0v) is 9.50. The summed E-state index contributed by atoms with van der Waals surface area (Å²) < 4.78 is 5.29. The number of anilines is 1. The molecule has 1 aromatic rings. The summed E-state index contributed by atoms with van der Waals surface area (Å²) in [6, 6.07) is 0. The van der Waals surface area contributed by atoms with Crippen LogP contribution in [0.15, 0.2) is 4.99 Å². The van der Waals surface area contributed by atoms with Gasteiger partial charge in [0.2, 0.25) is 5.78 Å². The molecule has 0 bridgehead atoms. The third-order valence-corrected chi connectivity index (χ3v) is 3.81. The maximum atomic E-state index is 11.6. The van der Waals surface area contributed by atoms with Crippen LogP contribution in [-0.2, 0) is 11.3 Å². The first kappa shape index (κ1) is 9.92. The van der Waals surface area contributed by atoms with Crippen LogP contribution in [0.2, 0.25) is 0 Å². The SMILES string of the molecule is O=C1C=NCc2nc(N3CCOCC3)sc21. The summed E-state index contributed by atoms with van der Waals surface area (Å²) in [6.07, 6.45) is 1.39. The van der Waals surface area contributed by atoms with E-state index < -0.39 is 0 Å². The molecule has 2 aliphatic rings. The molecular weight excluding hydrogens is 226 g/mol. The second kappa shape index (κ2) is 3.95. The number of nitrogens with zero attached hydrogens (tertiary/aromatic N) is 3. The first-order valence-electron chi connectivity index (χ1n) is 5.21. The van der Waals surface area contributed by atoms with Crippen LogP contribution in [0.4, 0.5) is 5.13 Å². The number of carbonyl (C=O) groups excluding carboxylic acids is 1. The van der Waals surface area contributed by atoms with Gasteiger partial charge in [-0.15, -0.1) is 0 Å². The van der Waals surface area contributed by atoms with Gasteiger partial charge in [0.1, 0.15) is 4.88 Å². The lowest BCUT2D eigenvalue weighted by molar-refractivity contribution is 0.107. The zero-order chi connectivity index (χ0) is 11.0. The molecule has 2 aliphatic heterocycles. The summed E-state index contributed by atoms with van der Waals surface area (Å²) in [5, 5.41) is 0.923. The molecule has 6 heteroatoms. The zero-order valence-electron chi connectivity index (χ0n) is 8.68. The number of morpholine rings is 1. The van der Waals surface area contributed by atoms with Crippen LogP contribution in [0.1, 0.15) is 15.4 Å². The van der Waals surface area contributed by atoms with Crippen LogP contribution in [0.3, 0.4) is 0 Å². The van der Waals surface area contributed by atoms with Crippen LogP contribution >= 0.6 is 11.3 Å². The quantitative estimate of drug-likeness (QED) is 0.723. The monoisotopic (exact) mass is 237 g/mol. The van der Waals surface area contributed by atoms with E-state index in [0.29, 0.717) is 6.54 Å². The molecule has 1 aromatic heterocycles. The van der Waals surface area contributed by atoms with Gasteiger partial charge in [-0.3, -0.25) is 9.79 Å². The minimum absolute atomic E-state index is 0.0155. The maximum absolute atomic E-state index is 11.6. The van der Waals surface area contributed by atoms with E-state index in [1.54, 1.807) is 0 Å². The molecule has 84 valence electrons. The number of thiazole rings is 1. The van der Waals surface area contributed by atoms with Crippen molar-refractivity contribution in [3.8, 4) is 0 Å². The standard InChI is InChI=1S/C10H11N3O2S/c14-8-6-11-5-7-9(8)16-10(12-7)13-1-3-15-4-2-13/h6H,1-5H2. The van der Waals surface area contributed by atoms with Gasteiger partial charge in [0.25, 0.3) is 0 Å². The van der Waals surface area contributed by atoms with Crippen molar-refractivity contribution < 1.29 is 9.53 Å². The molecule has 0 aliphatic carbocycles. The van der Waals surface area contributed by atoms with Crippen LogP contribution < -0.4 is 4.90 Å². The Labute approximate surface area is 96.8 Å². The number of fused-ring (bicyclic) bond motifs is 1. The molecule has 3 rings (SSSR count). The number of ether oxygens (including phenoxy) is 1. The van der Waals surface area contributed by atoms with Gasteiger partial charge in [0, 0.05) is 13.1 Å². The number of rotatable bonds is 1. The average molecular weight is 237 g/mol. The van der Waals surface area contributed by atoms with Crippen molar-refractivity contribution in [2.75, 3.05) is 31.2 Å². The predicted molar refractivity (Wildman–Crippen MR) is 61.7 cm³/mol. The third-order valence-electron chi connectivity index (χ3n) is 2.64. The molecule has 3 heterocycles. The Morgan fingerprint density at radius 3 is 2.94 bits per heavy atom. The Bertz CT molecular complexity index is 449. The van der Waals surface area contributed by atoms with E-state index in [0.717, 1.165) is 42.0 Å². The molecule has 0 saturated carbocycles. The van der Waals surface area contributed by atoms with Crippen LogP contribution in [0.5, 0.6) is 0 Å². The van der Waals surface area contributed by atoms with E-state index in [1.165, 1.54) is 17.6 Å². The summed E-state index contributed by atoms with van der Waals surface area (Å²) in [5.74, 6) is -0.0155. The summed E-state index contributed by atoms with van der Waals surface area (Å²) in [6.45, 7) is 3.69. The van der Waals surface area contributed by atoms with Gasteiger partial charge >= 0.3 is 0 Å². The fourth-order valence-electron chi connectivity index (χ4n) is 1.80. The molecule has 0 N–H and O–H groups in total. The highest BCUT2D eigenvalue weighted by molar-refractivity contribution is 7.18. The summed E-state index contributed by atoms with van der Waals surface area (Å²) in [7, 11) is 0. The Morgan fingerprint density at radius 1 is 1.38 bits per heavy atom. The molecule has 0 unspecified atom stereocenters. The van der Waals surface area contributed by atoms with Gasteiger partial charge in [0.15, 0.2) is 5.13 Å². The molecule has 0 spiro atoms. The number of aromatic nitrogens is 1. The van der Waals surface area contributed by atoms with Crippen molar-refractivity contribution in [2.24, 2.45) is 4.99 Å². The van der Waals surface area contributed by atoms with E-state index in [-0.39, 0.29) is 5.78 Å². The van der Waals surface area contributed by atoms with Crippen LogP contribution in [-0.4, -0.2) is 43.3 Å². The number of ketones is 1. The molecule has 1 fully saturated rings. The maximum Gasteiger partial charge on any atom is 0.215 e. The Morgan fingerprint density at radius 2 is 2.19 bits per heavy atom. The fourth-order valence-corrected chi connectivity index (χ4v) is 2.83. The highest BCUT2D eigenvalue weighted by Gasteiger charge is 2.23. The normalized spacial score (nSPS) is 20.0. The first-order valence-corrected chi connectivity index (χ1v) is 6.03. The van der Waals surface area contributed by atoms with Gasteiger partial charge in [-0.1, -0.05) is 11.3 Å². The fraction of sp³-hybridized carbons (Fsp3) is 0.500. The van der Waals surface area contributed by atoms with Gasteiger partial charge in [-0.2, -0.15) is 0 Å². The van der Waals surface area contributed by atoms with E-state index in [2.05, 4.69) is 14.9 Å². The first-order chi connectivity index (χ1) is 7.84. The van der Waals surface area contributed by atoms with E-state index in [1.807, 2.05) is 0 Å². The molecule has 0 atom stereocenters. The smallest absolute Gasteiger partial charge is 0.215 e. The van der Waals surface area contributed by atoms with Crippen molar-refractivity contribution in [2.45, 2.75) is 6.54 Å². The van der Waals surface area contributed by atoms with Crippen molar-refractivity contribution in [3.05, 3.63) is 10.6 Å². The van der Waals surface area contributed by atoms with E-state index in [4.69, 9.17) is 4.74 Å². The minimum atomic E-state index is -0.0155. The molecule has 1 saturated heterocycles. The average Bonchev–Trinajstić information content (AvgIpc) is 2.76. The molecule has 0 radical (unpaired) electrons.